The first-order chi connectivity index (χ1) is 8.27. The molecule has 0 aromatic heterocycles. The van der Waals surface area contributed by atoms with Crippen molar-refractivity contribution in [3.8, 4) is 0 Å². The lowest BCUT2D eigenvalue weighted by Gasteiger charge is -2.34. The van der Waals surface area contributed by atoms with Crippen LogP contribution in [0.1, 0.15) is 26.2 Å². The van der Waals surface area contributed by atoms with E-state index in [1.807, 2.05) is 0 Å². The summed E-state index contributed by atoms with van der Waals surface area (Å²) in [7, 11) is 0. The van der Waals surface area contributed by atoms with Crippen LogP contribution in [0.25, 0.3) is 0 Å². The molecule has 0 radical (unpaired) electrons. The number of carbonyl (C=O) groups excluding carboxylic acids is 1. The zero-order valence-corrected chi connectivity index (χ0v) is 11.8. The number of nitrogens with one attached hydrogen (secondary N) is 1. The molecule has 5 unspecified atom stereocenters. The zero-order valence-electron chi connectivity index (χ0n) is 11.0. The summed E-state index contributed by atoms with van der Waals surface area (Å²) in [4.78, 5) is 14.8. The summed E-state index contributed by atoms with van der Waals surface area (Å²) in [6, 6.07) is 0.398. The highest BCUT2D eigenvalue weighted by molar-refractivity contribution is 5.85. The van der Waals surface area contributed by atoms with Crippen LogP contribution in [0.5, 0.6) is 0 Å². The Morgan fingerprint density at radius 1 is 1.22 bits per heavy atom. The lowest BCUT2D eigenvalue weighted by molar-refractivity contribution is -0.136. The van der Waals surface area contributed by atoms with Gasteiger partial charge in [0.1, 0.15) is 0 Å². The second-order valence-corrected chi connectivity index (χ2v) is 6.60. The monoisotopic (exact) mass is 270 g/mol. The van der Waals surface area contributed by atoms with E-state index in [1.165, 1.54) is 19.3 Å². The van der Waals surface area contributed by atoms with Crippen molar-refractivity contribution in [2.24, 2.45) is 29.6 Å². The normalized spacial score (nSPS) is 48.6. The van der Waals surface area contributed by atoms with Gasteiger partial charge in [0.25, 0.3) is 0 Å². The lowest BCUT2D eigenvalue weighted by atomic mass is 10.0. The molecule has 0 aromatic rings. The number of hydrogen-bond donors (Lipinski definition) is 1. The van der Waals surface area contributed by atoms with Crippen molar-refractivity contribution >= 4 is 18.3 Å². The Kier molecular flexibility index (Phi) is 3.10. The average molecular weight is 271 g/mol. The van der Waals surface area contributed by atoms with Gasteiger partial charge >= 0.3 is 0 Å². The fraction of sp³-hybridized carbons (Fsp3) is 0.929. The first kappa shape index (κ1) is 12.7. The van der Waals surface area contributed by atoms with E-state index in [0.717, 1.165) is 43.3 Å². The summed E-state index contributed by atoms with van der Waals surface area (Å²) in [5.74, 6) is 4.34. The minimum absolute atomic E-state index is 0. The maximum absolute atomic E-state index is 12.6. The Bertz CT molecular complexity index is 346. The second-order valence-electron chi connectivity index (χ2n) is 6.60. The van der Waals surface area contributed by atoms with Gasteiger partial charge in [-0.3, -0.25) is 4.79 Å². The lowest BCUT2D eigenvalue weighted by Crippen LogP contribution is -2.53. The number of amides is 1. The third-order valence-corrected chi connectivity index (χ3v) is 5.80. The molecule has 0 spiro atoms. The van der Waals surface area contributed by atoms with Crippen LogP contribution < -0.4 is 5.32 Å². The summed E-state index contributed by atoms with van der Waals surface area (Å²) in [5.41, 5.74) is 0. The minimum atomic E-state index is 0. The van der Waals surface area contributed by atoms with Crippen LogP contribution in [0.4, 0.5) is 0 Å². The predicted molar refractivity (Wildman–Crippen MR) is 72.6 cm³/mol. The number of rotatable bonds is 1. The molecule has 1 saturated heterocycles. The van der Waals surface area contributed by atoms with Gasteiger partial charge in [-0.15, -0.1) is 12.4 Å². The molecule has 1 amide bonds. The molecular weight excluding hydrogens is 248 g/mol. The van der Waals surface area contributed by atoms with Crippen LogP contribution in [-0.4, -0.2) is 36.5 Å². The van der Waals surface area contributed by atoms with Gasteiger partial charge in [0.05, 0.1) is 0 Å². The molecule has 4 heteroatoms. The van der Waals surface area contributed by atoms with Crippen LogP contribution in [0, 0.1) is 29.6 Å². The molecule has 3 saturated carbocycles. The van der Waals surface area contributed by atoms with Gasteiger partial charge in [-0.05, 0) is 49.9 Å². The highest BCUT2D eigenvalue weighted by Gasteiger charge is 2.68. The summed E-state index contributed by atoms with van der Waals surface area (Å²) < 4.78 is 0. The molecule has 4 rings (SSSR count). The molecular formula is C14H23ClN2O. The smallest absolute Gasteiger partial charge is 0.226 e. The number of piperazine rings is 1. The molecule has 5 atom stereocenters. The Hall–Kier alpha value is -0.280. The van der Waals surface area contributed by atoms with E-state index < -0.39 is 0 Å². The second kappa shape index (κ2) is 4.38. The van der Waals surface area contributed by atoms with Gasteiger partial charge in [-0.25, -0.2) is 0 Å². The van der Waals surface area contributed by atoms with Crippen molar-refractivity contribution in [3.63, 3.8) is 0 Å². The van der Waals surface area contributed by atoms with Gasteiger partial charge < -0.3 is 10.2 Å². The molecule has 0 aromatic carbocycles. The van der Waals surface area contributed by atoms with Crippen molar-refractivity contribution in [2.45, 2.75) is 32.2 Å². The van der Waals surface area contributed by atoms with Crippen LogP contribution in [-0.2, 0) is 4.79 Å². The van der Waals surface area contributed by atoms with E-state index in [0.29, 0.717) is 17.9 Å². The van der Waals surface area contributed by atoms with Gasteiger partial charge in [-0.1, -0.05) is 0 Å². The molecule has 18 heavy (non-hydrogen) atoms. The third kappa shape index (κ3) is 1.63. The van der Waals surface area contributed by atoms with Crippen LogP contribution in [0.3, 0.4) is 0 Å². The predicted octanol–water partition coefficient (Wildman–Crippen LogP) is 1.52. The molecule has 3 aliphatic carbocycles. The number of hydrogen-bond acceptors (Lipinski definition) is 2. The number of fused-ring (bicyclic) bond motifs is 5. The minimum Gasteiger partial charge on any atom is -0.337 e. The number of carbonyl (C=O) groups is 1. The molecule has 4 fully saturated rings. The zero-order chi connectivity index (χ0) is 11.6. The summed E-state index contributed by atoms with van der Waals surface area (Å²) >= 11 is 0. The number of halogens is 1. The van der Waals surface area contributed by atoms with Gasteiger partial charge in [0, 0.05) is 31.6 Å². The third-order valence-electron chi connectivity index (χ3n) is 5.80. The molecule has 2 bridgehead atoms. The molecule has 1 heterocycles. The standard InChI is InChI=1S/C14H22N2O.ClH/c1-8-7-15-4-5-16(8)14(17)13-11-9-2-3-10(6-9)12(11)13;/h8-13,15H,2-7H2,1H3;1H. The van der Waals surface area contributed by atoms with E-state index in [1.54, 1.807) is 0 Å². The average Bonchev–Trinajstić information content (AvgIpc) is 2.77. The van der Waals surface area contributed by atoms with E-state index in [2.05, 4.69) is 17.1 Å². The van der Waals surface area contributed by atoms with Crippen LogP contribution in [0.15, 0.2) is 0 Å². The van der Waals surface area contributed by atoms with Crippen molar-refractivity contribution < 1.29 is 4.79 Å². The van der Waals surface area contributed by atoms with E-state index in [-0.39, 0.29) is 12.4 Å². The fourth-order valence-electron chi connectivity index (χ4n) is 5.02. The molecule has 4 aliphatic rings. The highest BCUT2D eigenvalue weighted by Crippen LogP contribution is 2.69. The van der Waals surface area contributed by atoms with Crippen LogP contribution in [0.2, 0.25) is 0 Å². The van der Waals surface area contributed by atoms with Crippen molar-refractivity contribution in [1.29, 1.82) is 0 Å². The maximum atomic E-state index is 12.6. The van der Waals surface area contributed by atoms with Gasteiger partial charge in [-0.2, -0.15) is 0 Å². The van der Waals surface area contributed by atoms with Crippen LogP contribution >= 0.6 is 12.4 Å². The SMILES string of the molecule is CC1CNCCN1C(=O)C1C2C3CCC(C3)C12.Cl. The fourth-order valence-corrected chi connectivity index (χ4v) is 5.02. The highest BCUT2D eigenvalue weighted by atomic mass is 35.5. The molecule has 102 valence electrons. The Labute approximate surface area is 115 Å². The summed E-state index contributed by atoms with van der Waals surface area (Å²) in [6.07, 6.45) is 4.26. The van der Waals surface area contributed by atoms with Crippen molar-refractivity contribution in [2.75, 3.05) is 19.6 Å². The summed E-state index contributed by atoms with van der Waals surface area (Å²) in [6.45, 7) is 5.05. The summed E-state index contributed by atoms with van der Waals surface area (Å²) in [5, 5.41) is 3.37. The molecule has 1 aliphatic heterocycles. The number of nitrogens with zero attached hydrogens (tertiary/aromatic N) is 1. The molecule has 3 nitrogen and oxygen atoms in total. The topological polar surface area (TPSA) is 32.3 Å². The quantitative estimate of drug-likeness (QED) is 0.784. The first-order valence-corrected chi connectivity index (χ1v) is 7.28. The van der Waals surface area contributed by atoms with Gasteiger partial charge in [0.2, 0.25) is 5.91 Å². The Balaban J connectivity index is 0.000001000. The van der Waals surface area contributed by atoms with E-state index in [4.69, 9.17) is 0 Å². The molecule has 1 N–H and O–H groups in total. The Morgan fingerprint density at radius 2 is 1.89 bits per heavy atom. The van der Waals surface area contributed by atoms with E-state index >= 15 is 0 Å². The first-order valence-electron chi connectivity index (χ1n) is 7.28. The maximum Gasteiger partial charge on any atom is 0.226 e. The largest absolute Gasteiger partial charge is 0.337 e. The Morgan fingerprint density at radius 3 is 2.50 bits per heavy atom. The van der Waals surface area contributed by atoms with Gasteiger partial charge in [0.15, 0.2) is 0 Å². The van der Waals surface area contributed by atoms with Crippen molar-refractivity contribution in [1.82, 2.24) is 10.2 Å². The van der Waals surface area contributed by atoms with E-state index in [9.17, 15) is 4.79 Å². The van der Waals surface area contributed by atoms with Crippen molar-refractivity contribution in [3.05, 3.63) is 0 Å².